The van der Waals surface area contributed by atoms with Crippen LogP contribution in [0.15, 0.2) is 18.3 Å². The standard InChI is InChI=1S/C20H25F2N5O3/c1-12-8-17(27-18(24-12)19(3,21)22)26-14-9-16(25-13(2)28)23-10-15(14)30-11-20(29-4)6-5-7-20/h8-10H,5-7,11H2,1-4H3,(H2,23,24,25,26,27,28). The SMILES string of the molecule is COC1(COc2cnc(NC(C)=O)cc2Nc2cc(C)nc(C(C)(F)F)n2)CCC1. The van der Waals surface area contributed by atoms with Gasteiger partial charge in [-0.2, -0.15) is 8.78 Å². The zero-order valence-electron chi connectivity index (χ0n) is 17.4. The van der Waals surface area contributed by atoms with Crippen LogP contribution in [-0.2, 0) is 15.5 Å². The van der Waals surface area contributed by atoms with Gasteiger partial charge in [-0.05, 0) is 26.2 Å². The fourth-order valence-electron chi connectivity index (χ4n) is 3.06. The number of pyridine rings is 1. The molecule has 1 saturated carbocycles. The summed E-state index contributed by atoms with van der Waals surface area (Å²) in [4.78, 5) is 23.3. The number of nitrogens with zero attached hydrogens (tertiary/aromatic N) is 3. The molecule has 0 saturated heterocycles. The number of ether oxygens (including phenoxy) is 2. The number of anilines is 3. The highest BCUT2D eigenvalue weighted by Crippen LogP contribution is 2.37. The second-order valence-corrected chi connectivity index (χ2v) is 7.51. The largest absolute Gasteiger partial charge is 0.487 e. The molecule has 0 aliphatic heterocycles. The normalized spacial score (nSPS) is 15.3. The number of alkyl halides is 2. The van der Waals surface area contributed by atoms with Gasteiger partial charge in [0.25, 0.3) is 0 Å². The molecule has 30 heavy (non-hydrogen) atoms. The highest BCUT2D eigenvalue weighted by Gasteiger charge is 2.38. The van der Waals surface area contributed by atoms with Gasteiger partial charge in [-0.1, -0.05) is 0 Å². The molecular formula is C20H25F2N5O3. The molecule has 1 fully saturated rings. The quantitative estimate of drug-likeness (QED) is 0.666. The van der Waals surface area contributed by atoms with Crippen LogP contribution in [0.2, 0.25) is 0 Å². The summed E-state index contributed by atoms with van der Waals surface area (Å²) >= 11 is 0. The van der Waals surface area contributed by atoms with E-state index in [4.69, 9.17) is 9.47 Å². The predicted octanol–water partition coefficient (Wildman–Crippen LogP) is 3.94. The molecule has 2 aromatic rings. The minimum atomic E-state index is -3.18. The summed E-state index contributed by atoms with van der Waals surface area (Å²) in [6, 6.07) is 3.10. The van der Waals surface area contributed by atoms with Crippen LogP contribution in [0.25, 0.3) is 0 Å². The van der Waals surface area contributed by atoms with E-state index in [0.29, 0.717) is 23.7 Å². The Morgan fingerprint density at radius 2 is 2.00 bits per heavy atom. The Bertz CT molecular complexity index is 924. The lowest BCUT2D eigenvalue weighted by atomic mass is 9.81. The van der Waals surface area contributed by atoms with Crippen LogP contribution in [0.5, 0.6) is 5.75 Å². The molecule has 1 amide bonds. The number of hydrogen-bond donors (Lipinski definition) is 2. The van der Waals surface area contributed by atoms with Crippen LogP contribution < -0.4 is 15.4 Å². The summed E-state index contributed by atoms with van der Waals surface area (Å²) in [5, 5.41) is 5.58. The third-order valence-corrected chi connectivity index (χ3v) is 4.87. The molecule has 0 atom stereocenters. The molecule has 2 aromatic heterocycles. The van der Waals surface area contributed by atoms with E-state index in [2.05, 4.69) is 25.6 Å². The summed E-state index contributed by atoms with van der Waals surface area (Å²) in [6.07, 6.45) is 4.31. The van der Waals surface area contributed by atoms with Crippen molar-refractivity contribution in [1.82, 2.24) is 15.0 Å². The first kappa shape index (κ1) is 21.8. The number of aromatic nitrogens is 3. The molecule has 0 spiro atoms. The van der Waals surface area contributed by atoms with Crippen molar-refractivity contribution in [3.8, 4) is 5.75 Å². The monoisotopic (exact) mass is 421 g/mol. The van der Waals surface area contributed by atoms with Crippen molar-refractivity contribution in [3.05, 3.63) is 29.8 Å². The molecule has 8 nitrogen and oxygen atoms in total. The molecule has 0 radical (unpaired) electrons. The number of carbonyl (C=O) groups is 1. The maximum atomic E-state index is 13.7. The van der Waals surface area contributed by atoms with Gasteiger partial charge in [0.1, 0.15) is 23.8 Å². The summed E-state index contributed by atoms with van der Waals surface area (Å²) < 4.78 is 39.0. The summed E-state index contributed by atoms with van der Waals surface area (Å²) in [5.41, 5.74) is 0.467. The number of carbonyl (C=O) groups excluding carboxylic acids is 1. The van der Waals surface area contributed by atoms with Gasteiger partial charge < -0.3 is 20.1 Å². The summed E-state index contributed by atoms with van der Waals surface area (Å²) in [5.74, 6) is -3.22. The lowest BCUT2D eigenvalue weighted by Crippen LogP contribution is -2.44. The van der Waals surface area contributed by atoms with Crippen molar-refractivity contribution in [2.45, 2.75) is 51.6 Å². The maximum absolute atomic E-state index is 13.7. The van der Waals surface area contributed by atoms with Crippen LogP contribution in [0, 0.1) is 6.92 Å². The second kappa shape index (κ2) is 8.47. The zero-order valence-corrected chi connectivity index (χ0v) is 17.4. The fourth-order valence-corrected chi connectivity index (χ4v) is 3.06. The van der Waals surface area contributed by atoms with Gasteiger partial charge in [-0.25, -0.2) is 15.0 Å². The van der Waals surface area contributed by atoms with E-state index in [0.717, 1.165) is 26.2 Å². The van der Waals surface area contributed by atoms with Gasteiger partial charge in [0.05, 0.1) is 11.9 Å². The van der Waals surface area contributed by atoms with Crippen LogP contribution in [-0.4, -0.2) is 40.2 Å². The van der Waals surface area contributed by atoms with Gasteiger partial charge in [-0.3, -0.25) is 4.79 Å². The third kappa shape index (κ3) is 5.18. The van der Waals surface area contributed by atoms with Gasteiger partial charge in [0.2, 0.25) is 11.7 Å². The van der Waals surface area contributed by atoms with Crippen LogP contribution in [0.1, 0.15) is 44.6 Å². The Hall–Kier alpha value is -2.88. The Morgan fingerprint density at radius 3 is 2.57 bits per heavy atom. The number of hydrogen-bond acceptors (Lipinski definition) is 7. The lowest BCUT2D eigenvalue weighted by Gasteiger charge is -2.40. The van der Waals surface area contributed by atoms with E-state index < -0.39 is 11.7 Å². The van der Waals surface area contributed by atoms with E-state index in [-0.39, 0.29) is 23.1 Å². The number of halogens is 2. The number of aryl methyl sites for hydroxylation is 1. The van der Waals surface area contributed by atoms with Crippen molar-refractivity contribution in [2.24, 2.45) is 0 Å². The van der Waals surface area contributed by atoms with Crippen molar-refractivity contribution in [2.75, 3.05) is 24.4 Å². The van der Waals surface area contributed by atoms with Gasteiger partial charge >= 0.3 is 5.92 Å². The smallest absolute Gasteiger partial charge is 0.303 e. The van der Waals surface area contributed by atoms with Gasteiger partial charge in [-0.15, -0.1) is 0 Å². The van der Waals surface area contributed by atoms with E-state index in [1.165, 1.54) is 13.1 Å². The maximum Gasteiger partial charge on any atom is 0.303 e. The van der Waals surface area contributed by atoms with Gasteiger partial charge in [0.15, 0.2) is 5.75 Å². The Balaban J connectivity index is 1.90. The molecule has 10 heteroatoms. The van der Waals surface area contributed by atoms with Crippen molar-refractivity contribution in [3.63, 3.8) is 0 Å². The number of nitrogens with one attached hydrogen (secondary N) is 2. The van der Waals surface area contributed by atoms with Gasteiger partial charge in [0, 0.05) is 38.8 Å². The van der Waals surface area contributed by atoms with E-state index in [9.17, 15) is 13.6 Å². The predicted molar refractivity (Wildman–Crippen MR) is 107 cm³/mol. The van der Waals surface area contributed by atoms with E-state index >= 15 is 0 Å². The number of amides is 1. The molecule has 0 unspecified atom stereocenters. The topological polar surface area (TPSA) is 98.3 Å². The highest BCUT2D eigenvalue weighted by molar-refractivity contribution is 5.88. The average Bonchev–Trinajstić information content (AvgIpc) is 2.61. The first-order valence-corrected chi connectivity index (χ1v) is 9.57. The molecule has 162 valence electrons. The van der Waals surface area contributed by atoms with Crippen molar-refractivity contribution < 1.29 is 23.0 Å². The minimum Gasteiger partial charge on any atom is -0.487 e. The molecule has 2 heterocycles. The highest BCUT2D eigenvalue weighted by atomic mass is 19.3. The zero-order chi connectivity index (χ0) is 21.9. The molecule has 3 rings (SSSR count). The van der Waals surface area contributed by atoms with Crippen LogP contribution in [0.3, 0.4) is 0 Å². The first-order valence-electron chi connectivity index (χ1n) is 9.57. The molecule has 1 aliphatic carbocycles. The Morgan fingerprint density at radius 1 is 1.27 bits per heavy atom. The number of rotatable bonds is 8. The minimum absolute atomic E-state index is 0.175. The Kier molecular flexibility index (Phi) is 6.16. The second-order valence-electron chi connectivity index (χ2n) is 7.51. The van der Waals surface area contributed by atoms with Crippen LogP contribution in [0.4, 0.5) is 26.1 Å². The first-order chi connectivity index (χ1) is 14.1. The van der Waals surface area contributed by atoms with Crippen LogP contribution >= 0.6 is 0 Å². The summed E-state index contributed by atoms with van der Waals surface area (Å²) in [7, 11) is 1.65. The molecule has 2 N–H and O–H groups in total. The lowest BCUT2D eigenvalue weighted by molar-refractivity contribution is -0.114. The van der Waals surface area contributed by atoms with Crippen molar-refractivity contribution in [1.29, 1.82) is 0 Å². The molecular weight excluding hydrogens is 396 g/mol. The van der Waals surface area contributed by atoms with E-state index in [1.54, 1.807) is 26.2 Å². The van der Waals surface area contributed by atoms with E-state index in [1.807, 2.05) is 0 Å². The third-order valence-electron chi connectivity index (χ3n) is 4.87. The molecule has 0 aromatic carbocycles. The molecule has 0 bridgehead atoms. The fraction of sp³-hybridized carbons (Fsp3) is 0.500. The van der Waals surface area contributed by atoms with Crippen molar-refractivity contribution >= 4 is 23.2 Å². The molecule has 1 aliphatic rings. The Labute approximate surface area is 173 Å². The average molecular weight is 421 g/mol. The summed E-state index contributed by atoms with van der Waals surface area (Å²) in [6.45, 7) is 4.03. The number of methoxy groups -OCH3 is 1.